The van der Waals surface area contributed by atoms with Crippen LogP contribution in [-0.4, -0.2) is 12.1 Å². The van der Waals surface area contributed by atoms with E-state index in [4.69, 9.17) is 4.74 Å². The van der Waals surface area contributed by atoms with E-state index in [-0.39, 0.29) is 0 Å². The van der Waals surface area contributed by atoms with Gasteiger partial charge in [0, 0.05) is 17.5 Å². The van der Waals surface area contributed by atoms with Gasteiger partial charge in [-0.2, -0.15) is 0 Å². The molecule has 2 nitrogen and oxygen atoms in total. The summed E-state index contributed by atoms with van der Waals surface area (Å²) in [6.45, 7) is 0. The van der Waals surface area contributed by atoms with E-state index in [1.807, 2.05) is 12.3 Å². The molecule has 3 fully saturated rings. The minimum absolute atomic E-state index is 0.739. The summed E-state index contributed by atoms with van der Waals surface area (Å²) >= 11 is 0. The average molecular weight is 229 g/mol. The molecule has 5 rings (SSSR count). The van der Waals surface area contributed by atoms with E-state index in [1.165, 1.54) is 43.4 Å². The van der Waals surface area contributed by atoms with Gasteiger partial charge in [-0.25, -0.2) is 0 Å². The van der Waals surface area contributed by atoms with Gasteiger partial charge in [0.2, 0.25) is 0 Å². The molecule has 4 aliphatic carbocycles. The van der Waals surface area contributed by atoms with E-state index < -0.39 is 0 Å². The van der Waals surface area contributed by atoms with Crippen molar-refractivity contribution in [2.45, 2.75) is 38.5 Å². The second-order valence-corrected chi connectivity index (χ2v) is 6.22. The number of aromatic nitrogens is 1. The zero-order valence-electron chi connectivity index (χ0n) is 10.4. The first-order valence-corrected chi connectivity index (χ1v) is 6.81. The number of rotatable bonds is 2. The highest BCUT2D eigenvalue weighted by atomic mass is 16.5. The number of nitrogens with zero attached hydrogens (tertiary/aromatic N) is 1. The van der Waals surface area contributed by atoms with Crippen molar-refractivity contribution in [1.82, 2.24) is 4.98 Å². The average Bonchev–Trinajstić information content (AvgIpc) is 2.24. The molecule has 3 saturated carbocycles. The van der Waals surface area contributed by atoms with Gasteiger partial charge in [-0.3, -0.25) is 4.98 Å². The number of hydrogen-bond acceptors (Lipinski definition) is 2. The summed E-state index contributed by atoms with van der Waals surface area (Å²) in [7, 11) is 1.78. The molecule has 90 valence electrons. The molecule has 0 saturated heterocycles. The highest BCUT2D eigenvalue weighted by Gasteiger charge is 2.60. The van der Waals surface area contributed by atoms with Crippen molar-refractivity contribution in [3.8, 4) is 5.75 Å². The molecule has 1 unspecified atom stereocenters. The Morgan fingerprint density at radius 3 is 2.82 bits per heavy atom. The Balaban J connectivity index is 1.65. The van der Waals surface area contributed by atoms with Crippen molar-refractivity contribution >= 4 is 0 Å². The topological polar surface area (TPSA) is 22.1 Å². The third kappa shape index (κ3) is 1.24. The minimum Gasteiger partial charge on any atom is -0.496 e. The van der Waals surface area contributed by atoms with E-state index in [9.17, 15) is 0 Å². The van der Waals surface area contributed by atoms with Crippen LogP contribution in [0, 0.1) is 17.3 Å². The zero-order chi connectivity index (χ0) is 11.5. The Kier molecular flexibility index (Phi) is 1.89. The van der Waals surface area contributed by atoms with Crippen LogP contribution in [0.15, 0.2) is 12.3 Å². The van der Waals surface area contributed by atoms with Gasteiger partial charge < -0.3 is 4.74 Å². The Hall–Kier alpha value is -1.05. The molecule has 0 radical (unpaired) electrons. The molecular formula is C15H19NO. The van der Waals surface area contributed by atoms with Crippen LogP contribution in [0.1, 0.15) is 36.9 Å². The molecule has 1 aromatic heterocycles. The summed E-state index contributed by atoms with van der Waals surface area (Å²) < 4.78 is 5.50. The summed E-state index contributed by atoms with van der Waals surface area (Å²) in [5, 5.41) is 0. The minimum atomic E-state index is 0.739. The van der Waals surface area contributed by atoms with Crippen LogP contribution in [0.2, 0.25) is 0 Å². The normalized spacial score (nSPS) is 37.7. The van der Waals surface area contributed by atoms with Gasteiger partial charge in [0.05, 0.1) is 7.11 Å². The van der Waals surface area contributed by atoms with Crippen molar-refractivity contribution in [1.29, 1.82) is 0 Å². The number of hydrogen-bond donors (Lipinski definition) is 0. The van der Waals surface area contributed by atoms with Gasteiger partial charge in [-0.05, 0) is 61.8 Å². The predicted octanol–water partition coefficient (Wildman–Crippen LogP) is 3.00. The van der Waals surface area contributed by atoms with Crippen molar-refractivity contribution < 1.29 is 4.74 Å². The van der Waals surface area contributed by atoms with Crippen LogP contribution in [-0.2, 0) is 12.8 Å². The summed E-state index contributed by atoms with van der Waals surface area (Å²) in [6.07, 6.45) is 10.1. The van der Waals surface area contributed by atoms with Crippen molar-refractivity contribution in [2.75, 3.05) is 7.11 Å². The van der Waals surface area contributed by atoms with Crippen LogP contribution in [0.3, 0.4) is 0 Å². The van der Waals surface area contributed by atoms with E-state index in [2.05, 4.69) is 4.98 Å². The quantitative estimate of drug-likeness (QED) is 0.777. The predicted molar refractivity (Wildman–Crippen MR) is 66.1 cm³/mol. The largest absolute Gasteiger partial charge is 0.496 e. The lowest BCUT2D eigenvalue weighted by Gasteiger charge is -2.66. The second kappa shape index (κ2) is 3.24. The fourth-order valence-electron chi connectivity index (χ4n) is 4.37. The standard InChI is InChI=1S/C15H19NO/c1-17-14-4-5-16-13-3-2-11(6-12(13)14)15-7-10(8-15)9-15/h4-5,10-11H,2-3,6-9H2,1H3. The molecule has 0 N–H and O–H groups in total. The number of aryl methyl sites for hydroxylation is 1. The van der Waals surface area contributed by atoms with E-state index in [0.29, 0.717) is 0 Å². The van der Waals surface area contributed by atoms with E-state index in [1.54, 1.807) is 7.11 Å². The lowest BCUT2D eigenvalue weighted by Crippen LogP contribution is -2.57. The maximum absolute atomic E-state index is 5.50. The third-order valence-corrected chi connectivity index (χ3v) is 5.45. The van der Waals surface area contributed by atoms with Crippen molar-refractivity contribution in [2.24, 2.45) is 17.3 Å². The summed E-state index contributed by atoms with van der Waals surface area (Å²) in [5.41, 5.74) is 3.42. The number of methoxy groups -OCH3 is 1. The molecule has 17 heavy (non-hydrogen) atoms. The van der Waals surface area contributed by atoms with Crippen LogP contribution >= 0.6 is 0 Å². The Bertz CT molecular complexity index is 437. The van der Waals surface area contributed by atoms with Gasteiger partial charge in [-0.15, -0.1) is 0 Å². The molecule has 2 heteroatoms. The number of fused-ring (bicyclic) bond motifs is 1. The van der Waals surface area contributed by atoms with Crippen LogP contribution < -0.4 is 4.74 Å². The Labute approximate surface area is 102 Å². The smallest absolute Gasteiger partial charge is 0.125 e. The van der Waals surface area contributed by atoms with Gasteiger partial charge >= 0.3 is 0 Å². The van der Waals surface area contributed by atoms with Crippen molar-refractivity contribution in [3.05, 3.63) is 23.5 Å². The molecule has 0 aromatic carbocycles. The Morgan fingerprint density at radius 2 is 2.18 bits per heavy atom. The SMILES string of the molecule is COc1ccnc2c1CC(C13CC(C1)C3)CC2. The first-order valence-electron chi connectivity index (χ1n) is 6.81. The molecular weight excluding hydrogens is 210 g/mol. The summed E-state index contributed by atoms with van der Waals surface area (Å²) in [5.74, 6) is 3.05. The van der Waals surface area contributed by atoms with Crippen LogP contribution in [0.25, 0.3) is 0 Å². The maximum atomic E-state index is 5.50. The van der Waals surface area contributed by atoms with Gasteiger partial charge in [0.15, 0.2) is 0 Å². The first kappa shape index (κ1) is 9.93. The molecule has 1 heterocycles. The highest BCUT2D eigenvalue weighted by molar-refractivity contribution is 5.38. The van der Waals surface area contributed by atoms with Crippen molar-refractivity contribution in [3.63, 3.8) is 0 Å². The summed E-state index contributed by atoms with van der Waals surface area (Å²) in [4.78, 5) is 4.52. The maximum Gasteiger partial charge on any atom is 0.125 e. The monoisotopic (exact) mass is 229 g/mol. The first-order chi connectivity index (χ1) is 8.31. The van der Waals surface area contributed by atoms with Crippen LogP contribution in [0.4, 0.5) is 0 Å². The molecule has 0 aliphatic heterocycles. The van der Waals surface area contributed by atoms with Gasteiger partial charge in [0.1, 0.15) is 5.75 Å². The third-order valence-electron chi connectivity index (χ3n) is 5.45. The zero-order valence-corrected chi connectivity index (χ0v) is 10.4. The van der Waals surface area contributed by atoms with Crippen LogP contribution in [0.5, 0.6) is 5.75 Å². The van der Waals surface area contributed by atoms with E-state index >= 15 is 0 Å². The molecule has 2 bridgehead atoms. The second-order valence-electron chi connectivity index (χ2n) is 6.22. The fraction of sp³-hybridized carbons (Fsp3) is 0.667. The highest BCUT2D eigenvalue weighted by Crippen LogP contribution is 2.69. The molecule has 1 aromatic rings. The van der Waals surface area contributed by atoms with Gasteiger partial charge in [0.25, 0.3) is 0 Å². The molecule has 0 spiro atoms. The summed E-state index contributed by atoms with van der Waals surface area (Å²) in [6, 6.07) is 2.02. The number of ether oxygens (including phenoxy) is 1. The number of pyridine rings is 1. The lowest BCUT2D eigenvalue weighted by molar-refractivity contribution is -0.154. The van der Waals surface area contributed by atoms with E-state index in [0.717, 1.165) is 29.4 Å². The van der Waals surface area contributed by atoms with Gasteiger partial charge in [-0.1, -0.05) is 0 Å². The molecule has 1 atom stereocenters. The Morgan fingerprint density at radius 1 is 1.35 bits per heavy atom. The lowest BCUT2D eigenvalue weighted by atomic mass is 9.39. The molecule has 4 aliphatic rings. The molecule has 0 amide bonds. The fourth-order valence-corrected chi connectivity index (χ4v) is 4.37.